The van der Waals surface area contributed by atoms with Crippen LogP contribution in [0.1, 0.15) is 22.8 Å². The van der Waals surface area contributed by atoms with Gasteiger partial charge < -0.3 is 10.5 Å². The van der Waals surface area contributed by atoms with Gasteiger partial charge in [0.2, 0.25) is 0 Å². The van der Waals surface area contributed by atoms with Gasteiger partial charge in [-0.2, -0.15) is 0 Å². The van der Waals surface area contributed by atoms with Crippen molar-refractivity contribution in [3.8, 4) is 0 Å². The standard InChI is InChI=1S/C19H13FN2OS.U/c20-17-6-2-1-5-15(17)18(21)16(10-13-7-9-24-12-13)19(23)14-4-3-8-22-11-14;/h1-9,11-12,19,23H;/q-2;+2. The fourth-order valence-electron chi connectivity index (χ4n) is 2.25. The molecule has 0 saturated carbocycles. The Kier molecular flexibility index (Phi) is 7.27. The Hall–Kier alpha value is -1.58. The van der Waals surface area contributed by atoms with Crippen LogP contribution in [0.4, 0.5) is 4.39 Å². The summed E-state index contributed by atoms with van der Waals surface area (Å²) in [7, 11) is 0. The Morgan fingerprint density at radius 1 is 1.20 bits per heavy atom. The van der Waals surface area contributed by atoms with Crippen molar-refractivity contribution >= 4 is 17.0 Å². The first-order valence-corrected chi connectivity index (χ1v) is 8.16. The van der Waals surface area contributed by atoms with E-state index in [1.807, 2.05) is 10.8 Å². The predicted octanol–water partition coefficient (Wildman–Crippen LogP) is 4.15. The van der Waals surface area contributed by atoms with Crippen molar-refractivity contribution in [2.75, 3.05) is 0 Å². The van der Waals surface area contributed by atoms with E-state index in [0.29, 0.717) is 11.1 Å². The average molecular weight is 574 g/mol. The number of rotatable bonds is 5. The van der Waals surface area contributed by atoms with E-state index in [1.54, 1.807) is 30.5 Å². The molecule has 1 atom stereocenters. The van der Waals surface area contributed by atoms with Gasteiger partial charge in [0.15, 0.2) is 0 Å². The van der Waals surface area contributed by atoms with E-state index in [-0.39, 0.29) is 48.0 Å². The molecule has 0 aliphatic heterocycles. The Labute approximate surface area is 173 Å². The number of pyridine rings is 1. The minimum atomic E-state index is -1.18. The van der Waals surface area contributed by atoms with Crippen molar-refractivity contribution in [1.82, 2.24) is 4.98 Å². The van der Waals surface area contributed by atoms with Crippen molar-refractivity contribution in [3.05, 3.63) is 105 Å². The van der Waals surface area contributed by atoms with E-state index in [1.165, 1.54) is 35.7 Å². The van der Waals surface area contributed by atoms with Gasteiger partial charge in [-0.3, -0.25) is 4.98 Å². The molecule has 0 radical (unpaired) electrons. The predicted molar refractivity (Wildman–Crippen MR) is 93.2 cm³/mol. The van der Waals surface area contributed by atoms with E-state index >= 15 is 0 Å². The smallest absolute Gasteiger partial charge is 0.854 e. The molecule has 1 aromatic carbocycles. The van der Waals surface area contributed by atoms with Crippen molar-refractivity contribution < 1.29 is 40.6 Å². The molecule has 0 amide bonds. The number of benzene rings is 1. The number of hydrogen-bond acceptors (Lipinski definition) is 3. The fraction of sp³-hybridized carbons (Fsp3) is 0.0526. The minimum Gasteiger partial charge on any atom is -0.854 e. The summed E-state index contributed by atoms with van der Waals surface area (Å²) >= 11 is 1.47. The Bertz CT molecular complexity index is 866. The Morgan fingerprint density at radius 2 is 2.00 bits per heavy atom. The molecule has 2 aromatic heterocycles. The van der Waals surface area contributed by atoms with Crippen molar-refractivity contribution in [2.45, 2.75) is 6.10 Å². The summed E-state index contributed by atoms with van der Waals surface area (Å²) in [5.74, 6) is -0.571. The average Bonchev–Trinajstić information content (AvgIpc) is 3.13. The van der Waals surface area contributed by atoms with E-state index < -0.39 is 11.9 Å². The molecule has 0 spiro atoms. The second-order valence-electron chi connectivity index (χ2n) is 5.07. The fourth-order valence-corrected chi connectivity index (χ4v) is 2.84. The first-order valence-electron chi connectivity index (χ1n) is 7.22. The maximum Gasteiger partial charge on any atom is 2.00 e. The van der Waals surface area contributed by atoms with Crippen molar-refractivity contribution in [2.24, 2.45) is 0 Å². The zero-order valence-electron chi connectivity index (χ0n) is 13.1. The Balaban J connectivity index is 0.00000225. The molecule has 1 N–H and O–H groups in total. The normalized spacial score (nSPS) is 12.3. The molecule has 3 rings (SSSR count). The number of thiophene rings is 1. The van der Waals surface area contributed by atoms with Crippen LogP contribution in [0, 0.1) is 43.0 Å². The molecule has 0 saturated heterocycles. The zero-order chi connectivity index (χ0) is 16.9. The summed E-state index contributed by atoms with van der Waals surface area (Å²) in [5, 5.41) is 24.9. The third-order valence-electron chi connectivity index (χ3n) is 3.46. The molecule has 3 aromatic rings. The third kappa shape index (κ3) is 4.74. The van der Waals surface area contributed by atoms with Crippen molar-refractivity contribution in [3.63, 3.8) is 0 Å². The van der Waals surface area contributed by atoms with Crippen LogP contribution < -0.4 is 0 Å². The number of halogens is 1. The SMILES string of the molecule is [N-]=C(C(=[C-]c1ccsc1)C(O)c1cccnc1)c1ccccc1F.[U+2]. The molecule has 0 aliphatic rings. The first kappa shape index (κ1) is 19.7. The van der Waals surface area contributed by atoms with Gasteiger partial charge >= 0.3 is 31.1 Å². The molecule has 0 bridgehead atoms. The summed E-state index contributed by atoms with van der Waals surface area (Å²) in [5.41, 5.74) is 0.930. The van der Waals surface area contributed by atoms with Gasteiger partial charge in [0.05, 0.1) is 6.10 Å². The van der Waals surface area contributed by atoms with E-state index in [4.69, 9.17) is 0 Å². The molecule has 1 unspecified atom stereocenters. The second kappa shape index (κ2) is 9.21. The minimum absolute atomic E-state index is 0. The molecular formula is C19H13FN2OSU. The maximum atomic E-state index is 14.0. The number of nitrogens with zero attached hydrogens (tertiary/aromatic N) is 2. The molecule has 0 fully saturated rings. The molecule has 25 heavy (non-hydrogen) atoms. The van der Waals surface area contributed by atoms with Gasteiger partial charge in [-0.15, -0.1) is 23.3 Å². The van der Waals surface area contributed by atoms with E-state index in [0.717, 1.165) is 0 Å². The van der Waals surface area contributed by atoms with Gasteiger partial charge in [-0.25, -0.2) is 21.4 Å². The number of aliphatic hydroxyl groups is 1. The van der Waals surface area contributed by atoms with Crippen LogP contribution in [0.2, 0.25) is 0 Å². The van der Waals surface area contributed by atoms with E-state index in [2.05, 4.69) is 11.1 Å². The van der Waals surface area contributed by atoms with E-state index in [9.17, 15) is 14.9 Å². The molecular weight excluding hydrogens is 561 g/mol. The molecule has 6 heteroatoms. The monoisotopic (exact) mass is 574 g/mol. The largest absolute Gasteiger partial charge is 2.00 e. The first-order chi connectivity index (χ1) is 11.7. The number of hydrogen-bond donors (Lipinski definition) is 1. The summed E-state index contributed by atoms with van der Waals surface area (Å²) in [6.45, 7) is 0. The van der Waals surface area contributed by atoms with Crippen LogP contribution in [0.5, 0.6) is 0 Å². The van der Waals surface area contributed by atoms with Crippen LogP contribution in [-0.4, -0.2) is 15.8 Å². The third-order valence-corrected chi connectivity index (χ3v) is 4.14. The van der Waals surface area contributed by atoms with Crippen LogP contribution in [-0.2, 0) is 0 Å². The summed E-state index contributed by atoms with van der Waals surface area (Å²) in [6.07, 6.45) is 4.88. The van der Waals surface area contributed by atoms with Crippen LogP contribution in [0.3, 0.4) is 0 Å². The Morgan fingerprint density at radius 3 is 2.64 bits per heavy atom. The van der Waals surface area contributed by atoms with Crippen LogP contribution in [0.25, 0.3) is 5.41 Å². The second-order valence-corrected chi connectivity index (χ2v) is 5.85. The summed E-state index contributed by atoms with van der Waals surface area (Å²) in [4.78, 5) is 3.97. The zero-order valence-corrected chi connectivity index (χ0v) is 18.0. The van der Waals surface area contributed by atoms with Crippen LogP contribution >= 0.6 is 11.3 Å². The number of aromatic nitrogens is 1. The molecule has 0 aliphatic carbocycles. The van der Waals surface area contributed by atoms with Gasteiger partial charge in [0.25, 0.3) is 0 Å². The van der Waals surface area contributed by atoms with Gasteiger partial charge in [-0.05, 0) is 17.7 Å². The summed E-state index contributed by atoms with van der Waals surface area (Å²) in [6, 6.07) is 11.0. The molecule has 122 valence electrons. The van der Waals surface area contributed by atoms with Gasteiger partial charge in [0.1, 0.15) is 5.82 Å². The van der Waals surface area contributed by atoms with Gasteiger partial charge in [0, 0.05) is 18.0 Å². The quantitative estimate of drug-likeness (QED) is 0.368. The molecule has 2 heterocycles. The maximum absolute atomic E-state index is 14.0. The van der Waals surface area contributed by atoms with Crippen molar-refractivity contribution in [1.29, 1.82) is 0 Å². The summed E-state index contributed by atoms with van der Waals surface area (Å²) < 4.78 is 14.0. The topological polar surface area (TPSA) is 55.4 Å². The van der Waals surface area contributed by atoms with Gasteiger partial charge in [-0.1, -0.05) is 35.0 Å². The molecule has 3 nitrogen and oxygen atoms in total. The number of aliphatic hydroxyl groups excluding tert-OH is 1. The van der Waals surface area contributed by atoms with Crippen LogP contribution in [0.15, 0.2) is 71.2 Å².